The molecular formula is C11H14ClFN2O. The number of nitrogens with one attached hydrogen (secondary N) is 1. The third-order valence-corrected chi connectivity index (χ3v) is 2.54. The van der Waals surface area contributed by atoms with Crippen LogP contribution in [0.15, 0.2) is 18.2 Å². The molecule has 0 bridgehead atoms. The number of anilines is 1. The first-order valence-electron chi connectivity index (χ1n) is 4.87. The molecule has 1 amide bonds. The molecule has 0 heterocycles. The maximum Gasteiger partial charge on any atom is 0.244 e. The fourth-order valence-corrected chi connectivity index (χ4v) is 1.43. The standard InChI is InChI=1S/C11H13FN2O.ClH/c1-7-4-8(12)6-9(5-7)14-10(15)11(13)2-3-11;/h4-6H,2-3,13H2,1H3,(H,14,15);1H. The van der Waals surface area contributed by atoms with E-state index in [4.69, 9.17) is 5.73 Å². The largest absolute Gasteiger partial charge is 0.324 e. The molecule has 16 heavy (non-hydrogen) atoms. The van der Waals surface area contributed by atoms with Crippen LogP contribution in [0.1, 0.15) is 18.4 Å². The highest BCUT2D eigenvalue weighted by Crippen LogP contribution is 2.33. The Balaban J connectivity index is 0.00000128. The van der Waals surface area contributed by atoms with Crippen molar-refractivity contribution >= 4 is 24.0 Å². The highest BCUT2D eigenvalue weighted by molar-refractivity contribution is 6.00. The van der Waals surface area contributed by atoms with Crippen LogP contribution in [0.2, 0.25) is 0 Å². The van der Waals surface area contributed by atoms with E-state index in [-0.39, 0.29) is 24.1 Å². The van der Waals surface area contributed by atoms with Crippen LogP contribution in [-0.4, -0.2) is 11.4 Å². The second kappa shape index (κ2) is 4.39. The number of amides is 1. The third kappa shape index (κ3) is 2.71. The average molecular weight is 245 g/mol. The third-order valence-electron chi connectivity index (χ3n) is 2.54. The minimum Gasteiger partial charge on any atom is -0.324 e. The summed E-state index contributed by atoms with van der Waals surface area (Å²) in [5, 5.41) is 2.62. The van der Waals surface area contributed by atoms with E-state index in [0.29, 0.717) is 18.5 Å². The summed E-state index contributed by atoms with van der Waals surface area (Å²) in [6, 6.07) is 4.41. The molecule has 1 aliphatic rings. The Hall–Kier alpha value is -1.13. The van der Waals surface area contributed by atoms with Crippen LogP contribution < -0.4 is 11.1 Å². The number of aryl methyl sites for hydroxylation is 1. The van der Waals surface area contributed by atoms with Crippen LogP contribution in [0.4, 0.5) is 10.1 Å². The lowest BCUT2D eigenvalue weighted by molar-refractivity contribution is -0.118. The Morgan fingerprint density at radius 2 is 2.06 bits per heavy atom. The van der Waals surface area contributed by atoms with Gasteiger partial charge in [-0.1, -0.05) is 0 Å². The number of hydrogen-bond acceptors (Lipinski definition) is 2. The first-order valence-corrected chi connectivity index (χ1v) is 4.87. The summed E-state index contributed by atoms with van der Waals surface area (Å²) in [4.78, 5) is 11.6. The van der Waals surface area contributed by atoms with E-state index in [1.54, 1.807) is 13.0 Å². The van der Waals surface area contributed by atoms with Crippen LogP contribution in [0, 0.1) is 12.7 Å². The normalized spacial score (nSPS) is 16.2. The molecule has 0 aliphatic heterocycles. The first kappa shape index (κ1) is 12.9. The molecule has 3 N–H and O–H groups in total. The van der Waals surface area contributed by atoms with E-state index < -0.39 is 5.54 Å². The Labute approximate surface area is 99.6 Å². The lowest BCUT2D eigenvalue weighted by atomic mass is 10.2. The molecule has 0 atom stereocenters. The van der Waals surface area contributed by atoms with Gasteiger partial charge in [-0.2, -0.15) is 0 Å². The van der Waals surface area contributed by atoms with Crippen LogP contribution in [-0.2, 0) is 4.79 Å². The van der Waals surface area contributed by atoms with Crippen LogP contribution in [0.5, 0.6) is 0 Å². The Bertz CT molecular complexity index is 398. The second-order valence-corrected chi connectivity index (χ2v) is 4.13. The molecule has 3 nitrogen and oxygen atoms in total. The van der Waals surface area contributed by atoms with E-state index in [0.717, 1.165) is 5.56 Å². The zero-order valence-electron chi connectivity index (χ0n) is 8.92. The van der Waals surface area contributed by atoms with Crippen molar-refractivity contribution in [1.29, 1.82) is 0 Å². The minimum atomic E-state index is -0.722. The molecule has 0 spiro atoms. The number of nitrogens with two attached hydrogens (primary N) is 1. The summed E-state index contributed by atoms with van der Waals surface area (Å²) < 4.78 is 13.0. The molecule has 1 saturated carbocycles. The SMILES string of the molecule is Cc1cc(F)cc(NC(=O)C2(N)CC2)c1.Cl. The molecule has 1 aromatic rings. The number of carbonyl (C=O) groups excluding carboxylic acids is 1. The van der Waals surface area contributed by atoms with Crippen molar-refractivity contribution in [1.82, 2.24) is 0 Å². The summed E-state index contributed by atoms with van der Waals surface area (Å²) in [5.74, 6) is -0.584. The van der Waals surface area contributed by atoms with E-state index in [9.17, 15) is 9.18 Å². The van der Waals surface area contributed by atoms with Crippen LogP contribution in [0.25, 0.3) is 0 Å². The van der Waals surface area contributed by atoms with Gasteiger partial charge < -0.3 is 11.1 Å². The summed E-state index contributed by atoms with van der Waals surface area (Å²) in [7, 11) is 0. The molecule has 1 aromatic carbocycles. The van der Waals surface area contributed by atoms with Crippen molar-refractivity contribution in [2.75, 3.05) is 5.32 Å². The monoisotopic (exact) mass is 244 g/mol. The lowest BCUT2D eigenvalue weighted by Gasteiger charge is -2.10. The van der Waals surface area contributed by atoms with Gasteiger partial charge in [0.25, 0.3) is 0 Å². The topological polar surface area (TPSA) is 55.1 Å². The van der Waals surface area contributed by atoms with Gasteiger partial charge in [0.15, 0.2) is 0 Å². The molecule has 1 fully saturated rings. The maximum atomic E-state index is 13.0. The first-order chi connectivity index (χ1) is 6.99. The molecule has 0 aromatic heterocycles. The quantitative estimate of drug-likeness (QED) is 0.836. The van der Waals surface area contributed by atoms with E-state index in [2.05, 4.69) is 5.32 Å². The number of rotatable bonds is 2. The predicted octanol–water partition coefficient (Wildman–Crippen LogP) is 1.99. The molecule has 1 aliphatic carbocycles. The Morgan fingerprint density at radius 1 is 1.44 bits per heavy atom. The predicted molar refractivity (Wildman–Crippen MR) is 63.2 cm³/mol. The van der Waals surface area contributed by atoms with Gasteiger partial charge in [0.05, 0.1) is 5.54 Å². The van der Waals surface area contributed by atoms with E-state index >= 15 is 0 Å². The van der Waals surface area contributed by atoms with Gasteiger partial charge in [-0.05, 0) is 43.5 Å². The highest BCUT2D eigenvalue weighted by atomic mass is 35.5. The van der Waals surface area contributed by atoms with Crippen molar-refractivity contribution in [3.63, 3.8) is 0 Å². The molecule has 0 saturated heterocycles. The molecule has 2 rings (SSSR count). The molecule has 0 radical (unpaired) electrons. The number of halogens is 2. The fourth-order valence-electron chi connectivity index (χ4n) is 1.43. The van der Waals surface area contributed by atoms with E-state index in [1.807, 2.05) is 0 Å². The highest BCUT2D eigenvalue weighted by Gasteiger charge is 2.45. The van der Waals surface area contributed by atoms with Crippen LogP contribution in [0.3, 0.4) is 0 Å². The zero-order valence-corrected chi connectivity index (χ0v) is 9.73. The molecule has 0 unspecified atom stereocenters. The van der Waals surface area contributed by atoms with Crippen LogP contribution >= 0.6 is 12.4 Å². The summed E-state index contributed by atoms with van der Waals surface area (Å²) >= 11 is 0. The second-order valence-electron chi connectivity index (χ2n) is 4.13. The van der Waals surface area contributed by atoms with Gasteiger partial charge in [0.2, 0.25) is 5.91 Å². The van der Waals surface area contributed by atoms with Crippen molar-refractivity contribution in [3.8, 4) is 0 Å². The summed E-state index contributed by atoms with van der Waals surface area (Å²) in [6.07, 6.45) is 1.40. The van der Waals surface area contributed by atoms with Gasteiger partial charge in [0.1, 0.15) is 5.82 Å². The van der Waals surface area contributed by atoms with E-state index in [1.165, 1.54) is 12.1 Å². The smallest absolute Gasteiger partial charge is 0.244 e. The number of carbonyl (C=O) groups is 1. The maximum absolute atomic E-state index is 13.0. The Kier molecular flexibility index (Phi) is 3.55. The average Bonchev–Trinajstić information content (AvgIpc) is 2.83. The zero-order chi connectivity index (χ0) is 11.1. The molecular weight excluding hydrogens is 231 g/mol. The van der Waals surface area contributed by atoms with Gasteiger partial charge in [0, 0.05) is 5.69 Å². The van der Waals surface area contributed by atoms with Gasteiger partial charge in [-0.3, -0.25) is 4.79 Å². The summed E-state index contributed by atoms with van der Waals surface area (Å²) in [6.45, 7) is 1.77. The minimum absolute atomic E-state index is 0. The van der Waals surface area contributed by atoms with Gasteiger partial charge >= 0.3 is 0 Å². The summed E-state index contributed by atoms with van der Waals surface area (Å²) in [5.41, 5.74) is 6.22. The van der Waals surface area contributed by atoms with Crippen molar-refractivity contribution in [3.05, 3.63) is 29.6 Å². The fraction of sp³-hybridized carbons (Fsp3) is 0.364. The van der Waals surface area contributed by atoms with Crippen molar-refractivity contribution in [2.45, 2.75) is 25.3 Å². The van der Waals surface area contributed by atoms with Crippen molar-refractivity contribution < 1.29 is 9.18 Å². The number of benzene rings is 1. The number of hydrogen-bond donors (Lipinski definition) is 2. The molecule has 5 heteroatoms. The van der Waals surface area contributed by atoms with Gasteiger partial charge in [-0.15, -0.1) is 12.4 Å². The van der Waals surface area contributed by atoms with Gasteiger partial charge in [-0.25, -0.2) is 4.39 Å². The van der Waals surface area contributed by atoms with Crippen molar-refractivity contribution in [2.24, 2.45) is 5.73 Å². The molecule has 88 valence electrons. The lowest BCUT2D eigenvalue weighted by Crippen LogP contribution is -2.37. The Morgan fingerprint density at radius 3 is 2.56 bits per heavy atom.